The number of carbonyl (C=O) groups excluding carboxylic acids is 1. The van der Waals surface area contributed by atoms with Crippen molar-refractivity contribution in [2.24, 2.45) is 5.10 Å². The first-order valence-electron chi connectivity index (χ1n) is 9.45. The van der Waals surface area contributed by atoms with Crippen LogP contribution in [0.4, 0.5) is 0 Å². The molecule has 1 N–H and O–H groups in total. The van der Waals surface area contributed by atoms with E-state index < -0.39 is 0 Å². The molecule has 0 saturated carbocycles. The lowest BCUT2D eigenvalue weighted by molar-refractivity contribution is -0.123. The van der Waals surface area contributed by atoms with E-state index in [2.05, 4.69) is 44.7 Å². The van der Waals surface area contributed by atoms with Gasteiger partial charge in [-0.15, -0.1) is 0 Å². The average Bonchev–Trinajstić information content (AvgIpc) is 2.74. The highest BCUT2D eigenvalue weighted by molar-refractivity contribution is 9.10. The molecule has 0 atom stereocenters. The summed E-state index contributed by atoms with van der Waals surface area (Å²) in [6.45, 7) is -0.0791. The molecular weight excluding hydrogens is 416 g/mol. The zero-order valence-electron chi connectivity index (χ0n) is 15.5. The highest BCUT2D eigenvalue weighted by Crippen LogP contribution is 2.35. The number of ether oxygens (including phenoxy) is 1. The number of rotatable bonds is 5. The minimum absolute atomic E-state index is 0.0791. The summed E-state index contributed by atoms with van der Waals surface area (Å²) in [5.41, 5.74) is 6.17. The predicted molar refractivity (Wildman–Crippen MR) is 116 cm³/mol. The minimum Gasteiger partial charge on any atom is -0.483 e. The molecule has 0 heterocycles. The maximum Gasteiger partial charge on any atom is 0.277 e. The number of hydrazone groups is 1. The zero-order chi connectivity index (χ0) is 19.3. The first-order chi connectivity index (χ1) is 13.7. The molecule has 3 aromatic rings. The Bertz CT molecular complexity index is 1040. The van der Waals surface area contributed by atoms with Crippen LogP contribution < -0.4 is 10.2 Å². The van der Waals surface area contributed by atoms with Crippen LogP contribution in [0.5, 0.6) is 5.75 Å². The number of aryl methyl sites for hydroxylation is 1. The van der Waals surface area contributed by atoms with Crippen molar-refractivity contribution in [2.45, 2.75) is 25.7 Å². The number of benzene rings is 3. The zero-order valence-corrected chi connectivity index (χ0v) is 17.0. The van der Waals surface area contributed by atoms with Crippen molar-refractivity contribution in [1.82, 2.24) is 5.43 Å². The Hall–Kier alpha value is -2.66. The van der Waals surface area contributed by atoms with Gasteiger partial charge in [-0.3, -0.25) is 4.79 Å². The van der Waals surface area contributed by atoms with E-state index >= 15 is 0 Å². The molecule has 1 aliphatic carbocycles. The quantitative estimate of drug-likeness (QED) is 0.451. The van der Waals surface area contributed by atoms with Crippen molar-refractivity contribution in [2.75, 3.05) is 6.61 Å². The molecule has 0 fully saturated rings. The van der Waals surface area contributed by atoms with Gasteiger partial charge < -0.3 is 4.74 Å². The maximum absolute atomic E-state index is 12.1. The monoisotopic (exact) mass is 436 g/mol. The third kappa shape index (κ3) is 4.09. The molecule has 28 heavy (non-hydrogen) atoms. The number of fused-ring (bicyclic) bond motifs is 2. The molecule has 0 spiro atoms. The van der Waals surface area contributed by atoms with Gasteiger partial charge in [0.15, 0.2) is 6.61 Å². The van der Waals surface area contributed by atoms with Gasteiger partial charge in [0.25, 0.3) is 5.91 Å². The number of halogens is 1. The molecule has 5 heteroatoms. The highest BCUT2D eigenvalue weighted by atomic mass is 79.9. The predicted octanol–water partition coefficient (Wildman–Crippen LogP) is 5.01. The molecule has 0 aliphatic heterocycles. The number of nitrogens with zero attached hydrogens (tertiary/aromatic N) is 1. The summed E-state index contributed by atoms with van der Waals surface area (Å²) >= 11 is 3.64. The van der Waals surface area contributed by atoms with E-state index in [1.807, 2.05) is 36.4 Å². The van der Waals surface area contributed by atoms with Gasteiger partial charge in [0, 0.05) is 5.56 Å². The van der Waals surface area contributed by atoms with Gasteiger partial charge in [-0.1, -0.05) is 48.5 Å². The fourth-order valence-electron chi connectivity index (χ4n) is 3.59. The Morgan fingerprint density at radius 2 is 1.89 bits per heavy atom. The van der Waals surface area contributed by atoms with E-state index in [1.54, 1.807) is 6.21 Å². The van der Waals surface area contributed by atoms with Crippen molar-refractivity contribution in [1.29, 1.82) is 0 Å². The van der Waals surface area contributed by atoms with Gasteiger partial charge >= 0.3 is 0 Å². The van der Waals surface area contributed by atoms with E-state index in [0.717, 1.165) is 33.7 Å². The topological polar surface area (TPSA) is 50.7 Å². The molecular formula is C23H21BrN2O2. The van der Waals surface area contributed by atoms with Crippen LogP contribution in [-0.2, 0) is 17.6 Å². The molecule has 0 unspecified atom stereocenters. The lowest BCUT2D eigenvalue weighted by Gasteiger charge is -2.19. The van der Waals surface area contributed by atoms with Crippen LogP contribution >= 0.6 is 15.9 Å². The average molecular weight is 437 g/mol. The fraction of sp³-hybridized carbons (Fsp3) is 0.217. The number of hydrogen-bond acceptors (Lipinski definition) is 3. The third-order valence-corrected chi connectivity index (χ3v) is 5.87. The van der Waals surface area contributed by atoms with E-state index in [4.69, 9.17) is 4.74 Å². The molecule has 0 bridgehead atoms. The van der Waals surface area contributed by atoms with Crippen molar-refractivity contribution in [3.63, 3.8) is 0 Å². The first kappa shape index (κ1) is 18.7. The van der Waals surface area contributed by atoms with Crippen molar-refractivity contribution < 1.29 is 9.53 Å². The Labute approximate surface area is 172 Å². The molecule has 1 aliphatic rings. The summed E-state index contributed by atoms with van der Waals surface area (Å²) in [5.74, 6) is 0.412. The Morgan fingerprint density at radius 1 is 1.07 bits per heavy atom. The van der Waals surface area contributed by atoms with Crippen molar-refractivity contribution in [3.8, 4) is 5.75 Å². The standard InChI is InChI=1S/C23H21BrN2O2/c24-23-20-11-4-2-7-17(20)12-13-21(23)28-15-22(27)26-25-14-18-9-5-8-16-6-1-3-10-19(16)18/h1,3,5-6,8-10,12-14H,2,4,7,11,15H2,(H,26,27). The van der Waals surface area contributed by atoms with Crippen LogP contribution in [-0.4, -0.2) is 18.7 Å². The van der Waals surface area contributed by atoms with Crippen LogP contribution in [0.3, 0.4) is 0 Å². The number of hydrogen-bond donors (Lipinski definition) is 1. The van der Waals surface area contributed by atoms with Crippen molar-refractivity contribution >= 4 is 38.8 Å². The first-order valence-corrected chi connectivity index (χ1v) is 10.2. The molecule has 0 aromatic heterocycles. The Balaban J connectivity index is 1.37. The van der Waals surface area contributed by atoms with E-state index in [-0.39, 0.29) is 12.5 Å². The highest BCUT2D eigenvalue weighted by Gasteiger charge is 2.16. The lowest BCUT2D eigenvalue weighted by Crippen LogP contribution is -2.24. The van der Waals surface area contributed by atoms with Gasteiger partial charge in [-0.2, -0.15) is 5.10 Å². The summed E-state index contributed by atoms with van der Waals surface area (Å²) in [5, 5.41) is 6.31. The summed E-state index contributed by atoms with van der Waals surface area (Å²) in [6, 6.07) is 18.1. The molecule has 4 rings (SSSR count). The smallest absolute Gasteiger partial charge is 0.277 e. The normalized spacial score (nSPS) is 13.5. The maximum atomic E-state index is 12.1. The Kier molecular flexibility index (Phi) is 5.72. The lowest BCUT2D eigenvalue weighted by atomic mass is 9.92. The van der Waals surface area contributed by atoms with Crippen LogP contribution in [0.2, 0.25) is 0 Å². The summed E-state index contributed by atoms with van der Waals surface area (Å²) in [7, 11) is 0. The molecule has 3 aromatic carbocycles. The number of amides is 1. The molecule has 0 radical (unpaired) electrons. The second-order valence-electron chi connectivity index (χ2n) is 6.87. The van der Waals surface area contributed by atoms with Gasteiger partial charge in [-0.05, 0) is 69.6 Å². The SMILES string of the molecule is O=C(COc1ccc2c(c1Br)CCCC2)NN=Cc1cccc2ccccc12. The number of nitrogens with one attached hydrogen (secondary N) is 1. The molecule has 1 amide bonds. The summed E-state index contributed by atoms with van der Waals surface area (Å²) in [4.78, 5) is 12.1. The van der Waals surface area contributed by atoms with Gasteiger partial charge in [0.1, 0.15) is 5.75 Å². The Morgan fingerprint density at radius 3 is 2.82 bits per heavy atom. The fourth-order valence-corrected chi connectivity index (χ4v) is 4.28. The second kappa shape index (κ2) is 8.57. The van der Waals surface area contributed by atoms with E-state index in [9.17, 15) is 4.79 Å². The van der Waals surface area contributed by atoms with Gasteiger partial charge in [0.2, 0.25) is 0 Å². The number of carbonyl (C=O) groups is 1. The van der Waals surface area contributed by atoms with Crippen LogP contribution in [0.15, 0.2) is 64.2 Å². The van der Waals surface area contributed by atoms with Crippen LogP contribution in [0.25, 0.3) is 10.8 Å². The minimum atomic E-state index is -0.291. The largest absolute Gasteiger partial charge is 0.483 e. The summed E-state index contributed by atoms with van der Waals surface area (Å²) in [6.07, 6.45) is 6.25. The van der Waals surface area contributed by atoms with Crippen molar-refractivity contribution in [3.05, 3.63) is 75.8 Å². The van der Waals surface area contributed by atoms with E-state index in [0.29, 0.717) is 5.75 Å². The molecule has 0 saturated heterocycles. The van der Waals surface area contributed by atoms with Gasteiger partial charge in [-0.25, -0.2) is 5.43 Å². The third-order valence-electron chi connectivity index (χ3n) is 5.00. The van der Waals surface area contributed by atoms with Gasteiger partial charge in [0.05, 0.1) is 10.7 Å². The van der Waals surface area contributed by atoms with Crippen LogP contribution in [0, 0.1) is 0 Å². The van der Waals surface area contributed by atoms with Crippen LogP contribution in [0.1, 0.15) is 29.5 Å². The second-order valence-corrected chi connectivity index (χ2v) is 7.67. The summed E-state index contributed by atoms with van der Waals surface area (Å²) < 4.78 is 6.67. The van der Waals surface area contributed by atoms with E-state index in [1.165, 1.54) is 24.0 Å². The molecule has 142 valence electrons. The molecule has 4 nitrogen and oxygen atoms in total.